The van der Waals surface area contributed by atoms with Crippen molar-refractivity contribution in [2.45, 2.75) is 27.3 Å². The number of nitriles is 1. The van der Waals surface area contributed by atoms with Crippen LogP contribution in [-0.2, 0) is 20.8 Å². The van der Waals surface area contributed by atoms with Gasteiger partial charge in [-0.3, -0.25) is 4.79 Å². The monoisotopic (exact) mass is 435 g/mol. The predicted octanol–water partition coefficient (Wildman–Crippen LogP) is 3.82. The first-order chi connectivity index (χ1) is 15.4. The molecule has 0 unspecified atom stereocenters. The second-order valence-electron chi connectivity index (χ2n) is 7.05. The number of nitrogens with two attached hydrogens (primary N) is 1. The number of carbonyl (C=O) groups excluding carboxylic acids is 2. The van der Waals surface area contributed by atoms with E-state index in [0.29, 0.717) is 27.8 Å². The van der Waals surface area contributed by atoms with Gasteiger partial charge in [-0.05, 0) is 50.1 Å². The number of esters is 2. The molecule has 0 amide bonds. The van der Waals surface area contributed by atoms with Gasteiger partial charge in [0.25, 0.3) is 0 Å². The molecule has 0 aliphatic heterocycles. The molecule has 1 heterocycles. The number of nitrogens with zero attached hydrogens (tertiary/aromatic N) is 2. The van der Waals surface area contributed by atoms with Gasteiger partial charge < -0.3 is 24.5 Å². The molecule has 0 atom stereocenters. The third kappa shape index (κ3) is 3.97. The highest BCUT2D eigenvalue weighted by Crippen LogP contribution is 2.39. The van der Waals surface area contributed by atoms with Gasteiger partial charge in [-0.1, -0.05) is 12.1 Å². The molecule has 0 aliphatic carbocycles. The molecule has 32 heavy (non-hydrogen) atoms. The Kier molecular flexibility index (Phi) is 6.69. The van der Waals surface area contributed by atoms with Crippen LogP contribution >= 0.6 is 0 Å². The molecular weight excluding hydrogens is 410 g/mol. The SMILES string of the molecule is CCOC(=O)Cn1c(C(=O)OCC)c(N)c2cc(C)c(-c3ccc(OC)cc3)c(C#N)c21. The van der Waals surface area contributed by atoms with Gasteiger partial charge in [-0.15, -0.1) is 0 Å². The lowest BCUT2D eigenvalue weighted by molar-refractivity contribution is -0.143. The number of hydrogen-bond acceptors (Lipinski definition) is 7. The van der Waals surface area contributed by atoms with Crippen LogP contribution in [0, 0.1) is 18.3 Å². The quantitative estimate of drug-likeness (QED) is 0.561. The molecule has 1 aromatic heterocycles. The van der Waals surface area contributed by atoms with Crippen molar-refractivity contribution in [1.82, 2.24) is 4.57 Å². The smallest absolute Gasteiger partial charge is 0.357 e. The normalized spacial score (nSPS) is 10.6. The van der Waals surface area contributed by atoms with Crippen molar-refractivity contribution in [3.05, 3.63) is 47.2 Å². The van der Waals surface area contributed by atoms with E-state index in [1.165, 1.54) is 4.57 Å². The molecular formula is C24H25N3O5. The number of anilines is 1. The minimum absolute atomic E-state index is 0.0256. The first-order valence-corrected chi connectivity index (χ1v) is 10.2. The molecule has 8 heteroatoms. The lowest BCUT2D eigenvalue weighted by atomic mass is 9.93. The summed E-state index contributed by atoms with van der Waals surface area (Å²) in [5, 5.41) is 10.6. The van der Waals surface area contributed by atoms with Gasteiger partial charge in [0.15, 0.2) is 5.69 Å². The Bertz CT molecular complexity index is 1220. The van der Waals surface area contributed by atoms with Crippen LogP contribution in [0.4, 0.5) is 5.69 Å². The summed E-state index contributed by atoms with van der Waals surface area (Å²) in [5.41, 5.74) is 9.49. The van der Waals surface area contributed by atoms with E-state index in [2.05, 4.69) is 6.07 Å². The van der Waals surface area contributed by atoms with Crippen molar-refractivity contribution < 1.29 is 23.8 Å². The average Bonchev–Trinajstić information content (AvgIpc) is 3.04. The maximum Gasteiger partial charge on any atom is 0.357 e. The largest absolute Gasteiger partial charge is 0.497 e. The molecule has 0 saturated carbocycles. The average molecular weight is 435 g/mol. The van der Waals surface area contributed by atoms with Crippen molar-refractivity contribution in [3.8, 4) is 22.9 Å². The summed E-state index contributed by atoms with van der Waals surface area (Å²) in [4.78, 5) is 25.1. The highest BCUT2D eigenvalue weighted by molar-refractivity contribution is 6.10. The standard InChI is InChI=1S/C24H25N3O5/c1-5-31-19(28)13-27-22-17(21(26)23(27)24(29)32-6-2)11-14(3)20(18(22)12-25)15-7-9-16(30-4)10-8-15/h7-11H,5-6,13,26H2,1-4H3. The van der Waals surface area contributed by atoms with Gasteiger partial charge in [-0.2, -0.15) is 5.26 Å². The molecule has 3 aromatic rings. The number of benzene rings is 2. The first kappa shape index (κ1) is 22.7. The fourth-order valence-electron chi connectivity index (χ4n) is 3.83. The maximum absolute atomic E-state index is 12.7. The number of aromatic nitrogens is 1. The molecule has 0 aliphatic rings. The van der Waals surface area contributed by atoms with E-state index in [1.54, 1.807) is 33.1 Å². The third-order valence-electron chi connectivity index (χ3n) is 5.13. The first-order valence-electron chi connectivity index (χ1n) is 10.2. The van der Waals surface area contributed by atoms with Crippen LogP contribution in [0.3, 0.4) is 0 Å². The molecule has 0 saturated heterocycles. The van der Waals surface area contributed by atoms with Gasteiger partial charge in [0.1, 0.15) is 18.4 Å². The Morgan fingerprint density at radius 1 is 1.12 bits per heavy atom. The van der Waals surface area contributed by atoms with Gasteiger partial charge in [0.05, 0.1) is 37.1 Å². The molecule has 0 fully saturated rings. The van der Waals surface area contributed by atoms with Crippen molar-refractivity contribution in [2.24, 2.45) is 0 Å². The van der Waals surface area contributed by atoms with E-state index in [4.69, 9.17) is 19.9 Å². The van der Waals surface area contributed by atoms with Crippen molar-refractivity contribution in [1.29, 1.82) is 5.26 Å². The minimum Gasteiger partial charge on any atom is -0.497 e. The Hall–Kier alpha value is -3.99. The summed E-state index contributed by atoms with van der Waals surface area (Å²) in [5.74, 6) is -0.533. The maximum atomic E-state index is 12.7. The molecule has 166 valence electrons. The van der Waals surface area contributed by atoms with Crippen molar-refractivity contribution in [3.63, 3.8) is 0 Å². The molecule has 2 aromatic carbocycles. The van der Waals surface area contributed by atoms with Crippen molar-refractivity contribution >= 4 is 28.5 Å². The Labute approximate surface area is 186 Å². The van der Waals surface area contributed by atoms with Gasteiger partial charge in [-0.25, -0.2) is 4.79 Å². The zero-order valence-corrected chi connectivity index (χ0v) is 18.5. The fraction of sp³-hybridized carbons (Fsp3) is 0.292. The Balaban J connectivity index is 2.37. The predicted molar refractivity (Wildman–Crippen MR) is 120 cm³/mol. The molecule has 0 bridgehead atoms. The summed E-state index contributed by atoms with van der Waals surface area (Å²) in [6.45, 7) is 5.28. The Morgan fingerprint density at radius 3 is 2.34 bits per heavy atom. The second-order valence-corrected chi connectivity index (χ2v) is 7.05. The summed E-state index contributed by atoms with van der Waals surface area (Å²) in [6, 6.07) is 11.4. The van der Waals surface area contributed by atoms with Crippen LogP contribution in [0.2, 0.25) is 0 Å². The molecule has 3 rings (SSSR count). The van der Waals surface area contributed by atoms with E-state index < -0.39 is 11.9 Å². The number of methoxy groups -OCH3 is 1. The summed E-state index contributed by atoms with van der Waals surface area (Å²) < 4.78 is 16.9. The highest BCUT2D eigenvalue weighted by atomic mass is 16.5. The van der Waals surface area contributed by atoms with Crippen LogP contribution < -0.4 is 10.5 Å². The lowest BCUT2D eigenvalue weighted by Gasteiger charge is -2.14. The topological polar surface area (TPSA) is 117 Å². The molecule has 0 radical (unpaired) electrons. The lowest BCUT2D eigenvalue weighted by Crippen LogP contribution is -2.20. The third-order valence-corrected chi connectivity index (χ3v) is 5.13. The van der Waals surface area contributed by atoms with E-state index in [0.717, 1.165) is 11.1 Å². The zero-order valence-electron chi connectivity index (χ0n) is 18.5. The van der Waals surface area contributed by atoms with Crippen molar-refractivity contribution in [2.75, 3.05) is 26.1 Å². The van der Waals surface area contributed by atoms with Crippen LogP contribution in [0.15, 0.2) is 30.3 Å². The number of hydrogen-bond donors (Lipinski definition) is 1. The minimum atomic E-state index is -0.668. The second kappa shape index (κ2) is 9.43. The zero-order chi connectivity index (χ0) is 23.4. The number of fused-ring (bicyclic) bond motifs is 1. The van der Waals surface area contributed by atoms with Crippen LogP contribution in [0.5, 0.6) is 5.75 Å². The van der Waals surface area contributed by atoms with Gasteiger partial charge >= 0.3 is 11.9 Å². The van der Waals surface area contributed by atoms with E-state index in [1.807, 2.05) is 25.1 Å². The van der Waals surface area contributed by atoms with Gasteiger partial charge in [0.2, 0.25) is 0 Å². The molecule has 2 N–H and O–H groups in total. The summed E-state index contributed by atoms with van der Waals surface area (Å²) >= 11 is 0. The fourth-order valence-corrected chi connectivity index (χ4v) is 3.83. The Morgan fingerprint density at radius 2 is 1.78 bits per heavy atom. The van der Waals surface area contributed by atoms with E-state index in [-0.39, 0.29) is 31.1 Å². The van der Waals surface area contributed by atoms with E-state index >= 15 is 0 Å². The van der Waals surface area contributed by atoms with Crippen LogP contribution in [0.1, 0.15) is 35.5 Å². The van der Waals surface area contributed by atoms with Crippen LogP contribution in [0.25, 0.3) is 22.0 Å². The molecule has 0 spiro atoms. The number of ether oxygens (including phenoxy) is 3. The number of nitrogen functional groups attached to an aromatic ring is 1. The number of aryl methyl sites for hydroxylation is 1. The van der Waals surface area contributed by atoms with Gasteiger partial charge in [0, 0.05) is 10.9 Å². The van der Waals surface area contributed by atoms with E-state index in [9.17, 15) is 14.9 Å². The van der Waals surface area contributed by atoms with Crippen LogP contribution in [-0.4, -0.2) is 36.8 Å². The summed E-state index contributed by atoms with van der Waals surface area (Å²) in [6.07, 6.45) is 0. The molecule has 8 nitrogen and oxygen atoms in total. The number of carbonyl (C=O) groups is 2. The highest BCUT2D eigenvalue weighted by Gasteiger charge is 2.28. The summed E-state index contributed by atoms with van der Waals surface area (Å²) in [7, 11) is 1.58. The number of rotatable bonds is 7.